The molecule has 1 aliphatic rings. The van der Waals surface area contributed by atoms with E-state index in [2.05, 4.69) is 15.9 Å². The molecule has 74 valence electrons. The fourth-order valence-electron chi connectivity index (χ4n) is 1.75. The Kier molecular flexibility index (Phi) is 3.30. The van der Waals surface area contributed by atoms with Crippen molar-refractivity contribution in [2.45, 2.75) is 24.1 Å². The molecular weight excluding hydrogens is 240 g/mol. The lowest BCUT2D eigenvalue weighted by atomic mass is 9.79. The number of carboxylic acids is 2. The lowest BCUT2D eigenvalue weighted by molar-refractivity contribution is -0.155. The maximum atomic E-state index is 10.8. The SMILES string of the molecule is O=C(O)C1CCCC(Br)C1C(=O)O. The minimum absolute atomic E-state index is 0.208. The minimum Gasteiger partial charge on any atom is -0.481 e. The highest BCUT2D eigenvalue weighted by Crippen LogP contribution is 2.35. The molecule has 2 N–H and O–H groups in total. The molecule has 1 rings (SSSR count). The molecule has 3 unspecified atom stereocenters. The van der Waals surface area contributed by atoms with E-state index in [1.54, 1.807) is 0 Å². The van der Waals surface area contributed by atoms with E-state index in [4.69, 9.17) is 10.2 Å². The summed E-state index contributed by atoms with van der Waals surface area (Å²) in [4.78, 5) is 21.3. The molecule has 0 amide bonds. The lowest BCUT2D eigenvalue weighted by Gasteiger charge is -2.29. The summed E-state index contributed by atoms with van der Waals surface area (Å²) in [6, 6.07) is 0. The van der Waals surface area contributed by atoms with Gasteiger partial charge in [0.05, 0.1) is 11.8 Å². The summed E-state index contributed by atoms with van der Waals surface area (Å²) >= 11 is 3.22. The molecule has 4 nitrogen and oxygen atoms in total. The monoisotopic (exact) mass is 250 g/mol. The number of rotatable bonds is 2. The van der Waals surface area contributed by atoms with Gasteiger partial charge >= 0.3 is 11.9 Å². The smallest absolute Gasteiger partial charge is 0.308 e. The normalized spacial score (nSPS) is 34.1. The molecule has 1 fully saturated rings. The maximum Gasteiger partial charge on any atom is 0.308 e. The van der Waals surface area contributed by atoms with Gasteiger partial charge in [-0.2, -0.15) is 0 Å². The van der Waals surface area contributed by atoms with Crippen LogP contribution in [-0.2, 0) is 9.59 Å². The Morgan fingerprint density at radius 3 is 2.15 bits per heavy atom. The molecule has 13 heavy (non-hydrogen) atoms. The Hall–Kier alpha value is -0.580. The number of hydrogen-bond acceptors (Lipinski definition) is 2. The molecular formula is C8H11BrO4. The van der Waals surface area contributed by atoms with Crippen LogP contribution in [0.2, 0.25) is 0 Å². The molecule has 0 bridgehead atoms. The van der Waals surface area contributed by atoms with Crippen molar-refractivity contribution in [3.8, 4) is 0 Å². The van der Waals surface area contributed by atoms with Gasteiger partial charge < -0.3 is 10.2 Å². The van der Waals surface area contributed by atoms with Gasteiger partial charge in [0.15, 0.2) is 0 Å². The summed E-state index contributed by atoms with van der Waals surface area (Å²) < 4.78 is 0. The van der Waals surface area contributed by atoms with Gasteiger partial charge in [-0.15, -0.1) is 0 Å². The van der Waals surface area contributed by atoms with Crippen LogP contribution >= 0.6 is 15.9 Å². The number of aliphatic carboxylic acids is 2. The van der Waals surface area contributed by atoms with Crippen LogP contribution in [0.1, 0.15) is 19.3 Å². The Balaban J connectivity index is 2.80. The molecule has 0 aromatic heterocycles. The first-order valence-electron chi connectivity index (χ1n) is 4.13. The van der Waals surface area contributed by atoms with Crippen LogP contribution in [0.5, 0.6) is 0 Å². The number of alkyl halides is 1. The quantitative estimate of drug-likeness (QED) is 0.726. The summed E-state index contributed by atoms with van der Waals surface area (Å²) in [5.41, 5.74) is 0. The zero-order valence-electron chi connectivity index (χ0n) is 6.94. The van der Waals surface area contributed by atoms with Gasteiger partial charge in [-0.25, -0.2) is 0 Å². The topological polar surface area (TPSA) is 74.6 Å². The van der Waals surface area contributed by atoms with E-state index >= 15 is 0 Å². The van der Waals surface area contributed by atoms with Gasteiger partial charge in [-0.05, 0) is 12.8 Å². The second-order valence-electron chi connectivity index (χ2n) is 3.26. The molecule has 0 aromatic carbocycles. The van der Waals surface area contributed by atoms with Gasteiger partial charge in [0.1, 0.15) is 0 Å². The third-order valence-electron chi connectivity index (χ3n) is 2.42. The van der Waals surface area contributed by atoms with Gasteiger partial charge in [0.2, 0.25) is 0 Å². The van der Waals surface area contributed by atoms with Crippen molar-refractivity contribution < 1.29 is 19.8 Å². The van der Waals surface area contributed by atoms with Crippen LogP contribution in [0, 0.1) is 11.8 Å². The molecule has 1 aliphatic carbocycles. The van der Waals surface area contributed by atoms with Crippen molar-refractivity contribution in [1.29, 1.82) is 0 Å². The van der Waals surface area contributed by atoms with Crippen LogP contribution in [0.3, 0.4) is 0 Å². The first kappa shape index (κ1) is 10.5. The summed E-state index contributed by atoms with van der Waals surface area (Å²) in [6.45, 7) is 0. The van der Waals surface area contributed by atoms with E-state index < -0.39 is 23.8 Å². The van der Waals surface area contributed by atoms with E-state index in [0.717, 1.165) is 12.8 Å². The molecule has 5 heteroatoms. The third kappa shape index (κ3) is 2.21. The minimum atomic E-state index is -1.02. The van der Waals surface area contributed by atoms with E-state index in [-0.39, 0.29) is 4.83 Å². The fourth-order valence-corrected chi connectivity index (χ4v) is 2.67. The van der Waals surface area contributed by atoms with Crippen LogP contribution in [0.25, 0.3) is 0 Å². The number of halogens is 1. The van der Waals surface area contributed by atoms with Crippen molar-refractivity contribution in [3.05, 3.63) is 0 Å². The van der Waals surface area contributed by atoms with Gasteiger partial charge in [-0.1, -0.05) is 22.4 Å². The highest BCUT2D eigenvalue weighted by molar-refractivity contribution is 9.09. The van der Waals surface area contributed by atoms with Gasteiger partial charge in [0, 0.05) is 4.83 Å². The largest absolute Gasteiger partial charge is 0.481 e. The summed E-state index contributed by atoms with van der Waals surface area (Å²) in [7, 11) is 0. The summed E-state index contributed by atoms with van der Waals surface area (Å²) in [6.07, 6.45) is 1.98. The summed E-state index contributed by atoms with van der Waals surface area (Å²) in [5, 5.41) is 17.6. The molecule has 0 radical (unpaired) electrons. The highest BCUT2D eigenvalue weighted by atomic mass is 79.9. The zero-order valence-corrected chi connectivity index (χ0v) is 8.53. The number of carboxylic acid groups (broad SMARTS) is 2. The zero-order chi connectivity index (χ0) is 10.0. The standard InChI is InChI=1S/C8H11BrO4/c9-5-3-1-2-4(7(10)11)6(5)8(12)13/h4-6H,1-3H2,(H,10,11)(H,12,13). The summed E-state index contributed by atoms with van der Waals surface area (Å²) in [5.74, 6) is -3.55. The van der Waals surface area contributed by atoms with E-state index in [9.17, 15) is 9.59 Å². The molecule has 0 spiro atoms. The Labute approximate surface area is 84.1 Å². The highest BCUT2D eigenvalue weighted by Gasteiger charge is 2.41. The second-order valence-corrected chi connectivity index (χ2v) is 4.43. The van der Waals surface area contributed by atoms with Crippen LogP contribution in [0.4, 0.5) is 0 Å². The average Bonchev–Trinajstić information content (AvgIpc) is 2.02. The number of carbonyl (C=O) groups is 2. The van der Waals surface area contributed by atoms with Crippen molar-refractivity contribution in [1.82, 2.24) is 0 Å². The van der Waals surface area contributed by atoms with Crippen LogP contribution in [0.15, 0.2) is 0 Å². The third-order valence-corrected chi connectivity index (χ3v) is 3.45. The molecule has 1 saturated carbocycles. The molecule has 0 saturated heterocycles. The van der Waals surface area contributed by atoms with Gasteiger partial charge in [-0.3, -0.25) is 9.59 Å². The van der Waals surface area contributed by atoms with E-state index in [1.807, 2.05) is 0 Å². The fraction of sp³-hybridized carbons (Fsp3) is 0.750. The van der Waals surface area contributed by atoms with Crippen molar-refractivity contribution >= 4 is 27.9 Å². The lowest BCUT2D eigenvalue weighted by Crippen LogP contribution is -2.39. The average molecular weight is 251 g/mol. The maximum absolute atomic E-state index is 10.8. The Morgan fingerprint density at radius 1 is 1.15 bits per heavy atom. The van der Waals surface area contributed by atoms with Crippen molar-refractivity contribution in [2.24, 2.45) is 11.8 Å². The van der Waals surface area contributed by atoms with Crippen molar-refractivity contribution in [2.75, 3.05) is 0 Å². The molecule has 0 aromatic rings. The predicted octanol–water partition coefficient (Wildman–Crippen LogP) is 1.34. The molecule has 0 heterocycles. The predicted molar refractivity (Wildman–Crippen MR) is 48.8 cm³/mol. The van der Waals surface area contributed by atoms with E-state index in [0.29, 0.717) is 6.42 Å². The first-order chi connectivity index (χ1) is 6.04. The van der Waals surface area contributed by atoms with Gasteiger partial charge in [0.25, 0.3) is 0 Å². The first-order valence-corrected chi connectivity index (χ1v) is 5.05. The van der Waals surface area contributed by atoms with Crippen molar-refractivity contribution in [3.63, 3.8) is 0 Å². The number of hydrogen-bond donors (Lipinski definition) is 2. The Bertz CT molecular complexity index is 228. The van der Waals surface area contributed by atoms with E-state index in [1.165, 1.54) is 0 Å². The molecule has 3 atom stereocenters. The Morgan fingerprint density at radius 2 is 1.77 bits per heavy atom. The molecule has 0 aliphatic heterocycles. The second kappa shape index (κ2) is 4.09. The van der Waals surface area contributed by atoms with Crippen LogP contribution < -0.4 is 0 Å². The van der Waals surface area contributed by atoms with Crippen LogP contribution in [-0.4, -0.2) is 27.0 Å².